The van der Waals surface area contributed by atoms with Crippen molar-refractivity contribution in [3.63, 3.8) is 0 Å². The van der Waals surface area contributed by atoms with Crippen LogP contribution in [0, 0.1) is 11.2 Å². The van der Waals surface area contributed by atoms with Gasteiger partial charge in [0.05, 0.1) is 0 Å². The van der Waals surface area contributed by atoms with Crippen LogP contribution in [0.25, 0.3) is 10.8 Å². The van der Waals surface area contributed by atoms with Gasteiger partial charge < -0.3 is 5.43 Å². The van der Waals surface area contributed by atoms with E-state index in [0.29, 0.717) is 5.39 Å². The van der Waals surface area contributed by atoms with Gasteiger partial charge in [-0.2, -0.15) is 5.10 Å². The summed E-state index contributed by atoms with van der Waals surface area (Å²) in [6.45, 7) is 3.68. The van der Waals surface area contributed by atoms with E-state index < -0.39 is 22.0 Å². The Bertz CT molecular complexity index is 849. The Balaban J connectivity index is 2.99. The number of hydrogen-bond donors (Lipinski definition) is 2. The van der Waals surface area contributed by atoms with Crippen molar-refractivity contribution in [2.45, 2.75) is 19.9 Å². The second kappa shape index (κ2) is 4.72. The van der Waals surface area contributed by atoms with Gasteiger partial charge in [0.2, 0.25) is 5.43 Å². The summed E-state index contributed by atoms with van der Waals surface area (Å²) in [5.74, 6) is -0.607. The molecule has 19 heavy (non-hydrogen) atoms. The number of nitrogens with zero attached hydrogens (tertiary/aromatic N) is 1. The van der Waals surface area contributed by atoms with Gasteiger partial charge in [-0.1, -0.05) is 0 Å². The smallest absolute Gasteiger partial charge is 0.253 e. The van der Waals surface area contributed by atoms with Gasteiger partial charge in [-0.25, -0.2) is 4.39 Å². The van der Waals surface area contributed by atoms with Gasteiger partial charge in [0, 0.05) is 16.8 Å². The van der Waals surface area contributed by atoms with Gasteiger partial charge in [-0.15, -0.1) is 0 Å². The van der Waals surface area contributed by atoms with E-state index in [1.165, 1.54) is 12.1 Å². The van der Waals surface area contributed by atoms with Gasteiger partial charge in [0.15, 0.2) is 0 Å². The molecule has 0 unspecified atom stereocenters. The number of nitrogens with one attached hydrogen (secondary N) is 2. The quantitative estimate of drug-likeness (QED) is 0.583. The molecule has 5 nitrogen and oxygen atoms in total. The first kappa shape index (κ1) is 13.1. The van der Waals surface area contributed by atoms with Crippen LogP contribution in [-0.2, 0) is 0 Å². The fraction of sp³-hybridized carbons (Fsp3) is 0.231. The van der Waals surface area contributed by atoms with Gasteiger partial charge in [-0.05, 0) is 32.0 Å². The number of rotatable bonds is 2. The van der Waals surface area contributed by atoms with E-state index in [4.69, 9.17) is 5.41 Å². The van der Waals surface area contributed by atoms with Crippen molar-refractivity contribution in [2.24, 2.45) is 5.10 Å². The summed E-state index contributed by atoms with van der Waals surface area (Å²) in [5.41, 5.74) is 0.884. The molecule has 2 rings (SSSR count). The lowest BCUT2D eigenvalue weighted by molar-refractivity contribution is 0.605. The van der Waals surface area contributed by atoms with E-state index in [9.17, 15) is 14.0 Å². The van der Waals surface area contributed by atoms with Crippen molar-refractivity contribution >= 4 is 10.8 Å². The fourth-order valence-corrected chi connectivity index (χ4v) is 1.70. The molecule has 98 valence electrons. The van der Waals surface area contributed by atoms with Crippen LogP contribution in [0.3, 0.4) is 0 Å². The summed E-state index contributed by atoms with van der Waals surface area (Å²) >= 11 is 0. The normalized spacial score (nSPS) is 12.3. The van der Waals surface area contributed by atoms with Crippen molar-refractivity contribution < 1.29 is 4.39 Å². The molecule has 2 aromatic carbocycles. The van der Waals surface area contributed by atoms with Crippen molar-refractivity contribution in [1.82, 2.24) is 5.43 Å². The molecule has 0 saturated heterocycles. The first-order valence-corrected chi connectivity index (χ1v) is 5.73. The Hall–Kier alpha value is -2.37. The molecule has 0 fully saturated rings. The van der Waals surface area contributed by atoms with E-state index in [1.807, 2.05) is 13.8 Å². The maximum Gasteiger partial charge on any atom is 0.253 e. The molecular weight excluding hydrogens is 249 g/mol. The highest BCUT2D eigenvalue weighted by atomic mass is 19.1. The van der Waals surface area contributed by atoms with Crippen molar-refractivity contribution in [3.8, 4) is 0 Å². The van der Waals surface area contributed by atoms with Gasteiger partial charge in [0.1, 0.15) is 16.5 Å². The number of hydrogen-bond acceptors (Lipinski definition) is 5. The minimum absolute atomic E-state index is 0.0110. The zero-order valence-corrected chi connectivity index (χ0v) is 10.5. The van der Waals surface area contributed by atoms with Crippen LogP contribution in [-0.4, -0.2) is 6.04 Å². The first-order chi connectivity index (χ1) is 8.91. The summed E-state index contributed by atoms with van der Waals surface area (Å²) in [5, 5.41) is 11.5. The van der Waals surface area contributed by atoms with E-state index in [-0.39, 0.29) is 16.8 Å². The SMILES string of the molecule is CC(C)N/N=c1\c(=N)c(=O)c(=O)c2cc(F)ccc12. The molecular formula is C13H12FN3O2. The lowest BCUT2D eigenvalue weighted by Crippen LogP contribution is -2.48. The molecule has 0 amide bonds. The highest BCUT2D eigenvalue weighted by Crippen LogP contribution is 2.05. The Morgan fingerprint density at radius 3 is 2.53 bits per heavy atom. The third-order valence-electron chi connectivity index (χ3n) is 2.59. The Labute approximate surface area is 107 Å². The lowest BCUT2D eigenvalue weighted by atomic mass is 10.1. The summed E-state index contributed by atoms with van der Waals surface area (Å²) in [4.78, 5) is 23.4. The highest BCUT2D eigenvalue weighted by molar-refractivity contribution is 5.81. The van der Waals surface area contributed by atoms with Crippen molar-refractivity contribution in [2.75, 3.05) is 0 Å². The topological polar surface area (TPSA) is 82.4 Å². The minimum atomic E-state index is -0.970. The van der Waals surface area contributed by atoms with Crippen LogP contribution in [0.1, 0.15) is 13.8 Å². The van der Waals surface area contributed by atoms with Crippen LogP contribution >= 0.6 is 0 Å². The molecule has 6 heteroatoms. The molecule has 0 aliphatic carbocycles. The first-order valence-electron chi connectivity index (χ1n) is 5.73. The maximum atomic E-state index is 13.2. The second-order valence-corrected chi connectivity index (χ2v) is 4.47. The van der Waals surface area contributed by atoms with Crippen molar-refractivity contribution in [1.29, 1.82) is 5.41 Å². The van der Waals surface area contributed by atoms with Crippen LogP contribution in [0.4, 0.5) is 4.39 Å². The van der Waals surface area contributed by atoms with Gasteiger partial charge in [-0.3, -0.25) is 15.0 Å². The number of fused-ring (bicyclic) bond motifs is 1. The van der Waals surface area contributed by atoms with E-state index in [1.54, 1.807) is 0 Å². The third kappa shape index (κ3) is 2.29. The Morgan fingerprint density at radius 2 is 1.89 bits per heavy atom. The van der Waals surface area contributed by atoms with Gasteiger partial charge >= 0.3 is 0 Å². The highest BCUT2D eigenvalue weighted by Gasteiger charge is 2.09. The Morgan fingerprint density at radius 1 is 1.21 bits per heavy atom. The molecule has 2 aromatic rings. The minimum Gasteiger partial charge on any atom is -0.307 e. The summed E-state index contributed by atoms with van der Waals surface area (Å²) < 4.78 is 13.2. The average Bonchev–Trinajstić information content (AvgIpc) is 2.36. The summed E-state index contributed by atoms with van der Waals surface area (Å²) in [7, 11) is 0. The Kier molecular flexibility index (Phi) is 3.25. The predicted octanol–water partition coefficient (Wildman–Crippen LogP) is -0.132. The summed E-state index contributed by atoms with van der Waals surface area (Å²) in [6.07, 6.45) is 0. The lowest BCUT2D eigenvalue weighted by Gasteiger charge is -2.03. The second-order valence-electron chi connectivity index (χ2n) is 4.47. The zero-order valence-electron chi connectivity index (χ0n) is 10.5. The van der Waals surface area contributed by atoms with Crippen LogP contribution < -0.4 is 27.0 Å². The average molecular weight is 261 g/mol. The molecule has 0 heterocycles. The molecule has 0 aromatic heterocycles. The number of halogens is 1. The van der Waals surface area contributed by atoms with Crippen LogP contribution in [0.15, 0.2) is 32.9 Å². The molecule has 0 atom stereocenters. The zero-order chi connectivity index (χ0) is 14.2. The summed E-state index contributed by atoms with van der Waals surface area (Å²) in [6, 6.07) is 3.52. The monoisotopic (exact) mass is 261 g/mol. The number of benzene rings is 2. The third-order valence-corrected chi connectivity index (χ3v) is 2.59. The largest absolute Gasteiger partial charge is 0.307 e. The van der Waals surface area contributed by atoms with Crippen molar-refractivity contribution in [3.05, 3.63) is 55.2 Å². The molecule has 0 radical (unpaired) electrons. The fourth-order valence-electron chi connectivity index (χ4n) is 1.70. The predicted molar refractivity (Wildman–Crippen MR) is 68.5 cm³/mol. The van der Waals surface area contributed by atoms with E-state index in [0.717, 1.165) is 6.07 Å². The van der Waals surface area contributed by atoms with Crippen LogP contribution in [0.2, 0.25) is 0 Å². The standard InChI is InChI=1S/C13H12FN3O2/c1-6(2)16-17-11-8-4-3-7(14)5-9(8)12(18)13(19)10(11)15/h3-6,15-16H,1-2H3/b15-10?,17-11-. The van der Waals surface area contributed by atoms with E-state index >= 15 is 0 Å². The molecule has 2 N–H and O–H groups in total. The van der Waals surface area contributed by atoms with Gasteiger partial charge in [0.25, 0.3) is 5.43 Å². The molecule has 0 spiro atoms. The molecule has 0 aliphatic rings. The van der Waals surface area contributed by atoms with Crippen LogP contribution in [0.5, 0.6) is 0 Å². The molecule has 0 saturated carbocycles. The molecule has 0 bridgehead atoms. The maximum absolute atomic E-state index is 13.2. The van der Waals surface area contributed by atoms with E-state index in [2.05, 4.69) is 10.5 Å². The molecule has 0 aliphatic heterocycles.